The number of ketones is 1. The molecule has 0 aliphatic carbocycles. The van der Waals surface area contributed by atoms with Crippen LogP contribution in [0.25, 0.3) is 11.4 Å². The summed E-state index contributed by atoms with van der Waals surface area (Å²) < 4.78 is 7.09. The maximum atomic E-state index is 13.6. The number of aromatic nitrogens is 4. The van der Waals surface area contributed by atoms with E-state index in [1.54, 1.807) is 53.9 Å². The molecule has 0 spiro atoms. The normalized spacial score (nSPS) is 16.3. The Morgan fingerprint density at radius 3 is 2.50 bits per heavy atom. The molecule has 0 saturated carbocycles. The third-order valence-electron chi connectivity index (χ3n) is 6.83. The van der Waals surface area contributed by atoms with Crippen molar-refractivity contribution in [2.75, 3.05) is 12.0 Å². The number of fused-ring (bicyclic) bond motifs is 1. The SMILES string of the molecule is COC(=O)c1ccc(C2C(=C(O)c3c(C)nc4ccccn34)C(=O)C(=O)N2c2nnc(SCc3ccccc3)s2)cc1. The van der Waals surface area contributed by atoms with Crippen LogP contribution in [0.4, 0.5) is 5.13 Å². The fraction of sp³-hybridized carbons (Fsp3) is 0.133. The van der Waals surface area contributed by atoms with E-state index in [1.165, 1.54) is 35.1 Å². The molecule has 1 unspecified atom stereocenters. The largest absolute Gasteiger partial charge is 0.505 e. The first-order valence-electron chi connectivity index (χ1n) is 12.8. The molecule has 1 saturated heterocycles. The molecule has 4 heterocycles. The van der Waals surface area contributed by atoms with E-state index in [9.17, 15) is 19.5 Å². The Bertz CT molecular complexity index is 1860. The minimum atomic E-state index is -1.04. The summed E-state index contributed by atoms with van der Waals surface area (Å²) in [6, 6.07) is 20.5. The number of benzene rings is 2. The summed E-state index contributed by atoms with van der Waals surface area (Å²) in [5, 5.41) is 20.4. The van der Waals surface area contributed by atoms with E-state index < -0.39 is 23.7 Å². The number of thioether (sulfide) groups is 1. The van der Waals surface area contributed by atoms with E-state index in [4.69, 9.17) is 4.74 Å². The highest BCUT2D eigenvalue weighted by atomic mass is 32.2. The molecule has 0 radical (unpaired) electrons. The second-order valence-corrected chi connectivity index (χ2v) is 11.6. The van der Waals surface area contributed by atoms with Crippen LogP contribution < -0.4 is 4.90 Å². The van der Waals surface area contributed by atoms with Gasteiger partial charge in [0.2, 0.25) is 5.13 Å². The van der Waals surface area contributed by atoms with Gasteiger partial charge >= 0.3 is 11.9 Å². The summed E-state index contributed by atoms with van der Waals surface area (Å²) in [6.45, 7) is 1.72. The molecule has 210 valence electrons. The van der Waals surface area contributed by atoms with Crippen LogP contribution in [0.3, 0.4) is 0 Å². The number of hydrogen-bond acceptors (Lipinski definition) is 10. The molecule has 1 aliphatic rings. The van der Waals surface area contributed by atoms with Crippen LogP contribution in [0.2, 0.25) is 0 Å². The smallest absolute Gasteiger partial charge is 0.337 e. The summed E-state index contributed by atoms with van der Waals surface area (Å²) in [6.07, 6.45) is 1.72. The third kappa shape index (κ3) is 4.84. The lowest BCUT2D eigenvalue weighted by Gasteiger charge is -2.22. The molecule has 3 aromatic heterocycles. The molecule has 6 rings (SSSR count). The van der Waals surface area contributed by atoms with Gasteiger partial charge < -0.3 is 9.84 Å². The first kappa shape index (κ1) is 27.4. The van der Waals surface area contributed by atoms with Crippen molar-refractivity contribution < 1.29 is 24.2 Å². The van der Waals surface area contributed by atoms with Gasteiger partial charge in [-0.3, -0.25) is 18.9 Å². The number of rotatable bonds is 7. The van der Waals surface area contributed by atoms with Gasteiger partial charge in [0.1, 0.15) is 11.3 Å². The van der Waals surface area contributed by atoms with Gasteiger partial charge in [-0.15, -0.1) is 10.2 Å². The average molecular weight is 598 g/mol. The summed E-state index contributed by atoms with van der Waals surface area (Å²) >= 11 is 2.65. The van der Waals surface area contributed by atoms with Crippen molar-refractivity contribution in [1.29, 1.82) is 0 Å². The van der Waals surface area contributed by atoms with Crippen LogP contribution in [0, 0.1) is 6.92 Å². The summed E-state index contributed by atoms with van der Waals surface area (Å²) in [5.41, 5.74) is 3.14. The van der Waals surface area contributed by atoms with Crippen molar-refractivity contribution in [1.82, 2.24) is 19.6 Å². The minimum Gasteiger partial charge on any atom is -0.505 e. The zero-order valence-corrected chi connectivity index (χ0v) is 24.1. The molecular formula is C30H23N5O5S2. The van der Waals surface area contributed by atoms with Crippen LogP contribution >= 0.6 is 23.1 Å². The van der Waals surface area contributed by atoms with Gasteiger partial charge in [0.25, 0.3) is 5.78 Å². The molecule has 1 aliphatic heterocycles. The van der Waals surface area contributed by atoms with Gasteiger partial charge in [-0.25, -0.2) is 9.78 Å². The summed E-state index contributed by atoms with van der Waals surface area (Å²) in [7, 11) is 1.28. The predicted molar refractivity (Wildman–Crippen MR) is 158 cm³/mol. The number of ether oxygens (including phenoxy) is 1. The molecule has 10 nitrogen and oxygen atoms in total. The fourth-order valence-electron chi connectivity index (χ4n) is 4.87. The number of Topliss-reactive ketones (excluding diaryl/α,β-unsaturated/α-hetero) is 1. The maximum Gasteiger partial charge on any atom is 0.337 e. The number of hydrogen-bond donors (Lipinski definition) is 1. The average Bonchev–Trinajstić information content (AvgIpc) is 3.69. The molecule has 42 heavy (non-hydrogen) atoms. The van der Waals surface area contributed by atoms with E-state index in [0.717, 1.165) is 5.56 Å². The van der Waals surface area contributed by atoms with Crippen molar-refractivity contribution in [3.05, 3.63) is 113 Å². The number of esters is 1. The van der Waals surface area contributed by atoms with Crippen LogP contribution in [-0.4, -0.2) is 49.5 Å². The lowest BCUT2D eigenvalue weighted by molar-refractivity contribution is -0.132. The van der Waals surface area contributed by atoms with E-state index >= 15 is 0 Å². The number of methoxy groups -OCH3 is 1. The molecule has 2 aromatic carbocycles. The molecule has 1 N–H and O–H groups in total. The van der Waals surface area contributed by atoms with E-state index in [0.29, 0.717) is 38.3 Å². The Morgan fingerprint density at radius 2 is 1.76 bits per heavy atom. The number of anilines is 1. The standard InChI is InChI=1S/C30H23N5O5S2/c1-17-23(34-15-7-6-10-21(34)31-17)25(36)22-24(19-11-13-20(14-12-19)28(39)40-2)35(27(38)26(22)37)29-32-33-30(42-29)41-16-18-8-4-3-5-9-18/h3-15,24,36H,16H2,1-2H3. The number of aliphatic hydroxyl groups is 1. The summed E-state index contributed by atoms with van der Waals surface area (Å²) in [5.74, 6) is -1.95. The number of aryl methyl sites for hydroxylation is 1. The Morgan fingerprint density at radius 1 is 1.02 bits per heavy atom. The number of amides is 1. The van der Waals surface area contributed by atoms with E-state index in [2.05, 4.69) is 15.2 Å². The first-order valence-corrected chi connectivity index (χ1v) is 14.6. The highest BCUT2D eigenvalue weighted by molar-refractivity contribution is 8.00. The van der Waals surface area contributed by atoms with Gasteiger partial charge in [0.15, 0.2) is 10.1 Å². The van der Waals surface area contributed by atoms with Gasteiger partial charge in [0, 0.05) is 11.9 Å². The molecule has 12 heteroatoms. The molecule has 0 bridgehead atoms. The summed E-state index contributed by atoms with van der Waals surface area (Å²) in [4.78, 5) is 45.1. The van der Waals surface area contributed by atoms with Crippen molar-refractivity contribution in [2.45, 2.75) is 23.1 Å². The van der Waals surface area contributed by atoms with Crippen molar-refractivity contribution in [3.8, 4) is 0 Å². The van der Waals surface area contributed by atoms with E-state index in [1.807, 2.05) is 36.4 Å². The minimum absolute atomic E-state index is 0.117. The molecule has 1 atom stereocenters. The topological polar surface area (TPSA) is 127 Å². The molecule has 1 fully saturated rings. The third-order valence-corrected chi connectivity index (χ3v) is 8.95. The van der Waals surface area contributed by atoms with Crippen molar-refractivity contribution in [3.63, 3.8) is 0 Å². The monoisotopic (exact) mass is 597 g/mol. The van der Waals surface area contributed by atoms with Crippen molar-refractivity contribution in [2.24, 2.45) is 0 Å². The molecular weight excluding hydrogens is 574 g/mol. The van der Waals surface area contributed by atoms with Gasteiger partial charge in [0.05, 0.1) is 30.0 Å². The van der Waals surface area contributed by atoms with E-state index in [-0.39, 0.29) is 16.5 Å². The zero-order valence-electron chi connectivity index (χ0n) is 22.4. The first-order chi connectivity index (χ1) is 20.4. The quantitative estimate of drug-likeness (QED) is 0.0673. The second-order valence-electron chi connectivity index (χ2n) is 9.38. The number of carbonyl (C=O) groups is 3. The van der Waals surface area contributed by atoms with Crippen LogP contribution in [0.1, 0.15) is 38.9 Å². The Balaban J connectivity index is 1.46. The molecule has 5 aromatic rings. The lowest BCUT2D eigenvalue weighted by Crippen LogP contribution is -2.29. The van der Waals surface area contributed by atoms with Gasteiger partial charge in [-0.05, 0) is 42.3 Å². The van der Waals surface area contributed by atoms with Crippen LogP contribution in [0.5, 0.6) is 0 Å². The Kier molecular flexibility index (Phi) is 7.31. The maximum absolute atomic E-state index is 13.6. The number of carbonyl (C=O) groups excluding carboxylic acids is 3. The number of nitrogens with zero attached hydrogens (tertiary/aromatic N) is 5. The lowest BCUT2D eigenvalue weighted by atomic mass is 9.95. The number of pyridine rings is 1. The Hall–Kier alpha value is -4.81. The Labute approximate surface area is 248 Å². The van der Waals surface area contributed by atoms with Crippen molar-refractivity contribution >= 4 is 57.3 Å². The van der Waals surface area contributed by atoms with Gasteiger partial charge in [-0.1, -0.05) is 71.6 Å². The number of aliphatic hydroxyl groups excluding tert-OH is 1. The number of imidazole rings is 1. The van der Waals surface area contributed by atoms with Crippen LogP contribution in [0.15, 0.2) is 88.9 Å². The molecule has 1 amide bonds. The zero-order chi connectivity index (χ0) is 29.4. The van der Waals surface area contributed by atoms with Crippen LogP contribution in [-0.2, 0) is 20.1 Å². The second kappa shape index (κ2) is 11.2. The highest BCUT2D eigenvalue weighted by Gasteiger charge is 2.49. The fourth-order valence-corrected chi connectivity index (χ4v) is 6.69. The van der Waals surface area contributed by atoms with Gasteiger partial charge in [-0.2, -0.15) is 0 Å². The predicted octanol–water partition coefficient (Wildman–Crippen LogP) is 5.20. The highest BCUT2D eigenvalue weighted by Crippen LogP contribution is 2.44.